The van der Waals surface area contributed by atoms with Crippen LogP contribution in [-0.4, -0.2) is 23.6 Å². The van der Waals surface area contributed by atoms with Gasteiger partial charge in [0.05, 0.1) is 11.9 Å². The molecule has 0 aliphatic carbocycles. The minimum Gasteiger partial charge on any atom is -0.348 e. The molecule has 2 rings (SSSR count). The van der Waals surface area contributed by atoms with Gasteiger partial charge in [0.2, 0.25) is 5.95 Å². The summed E-state index contributed by atoms with van der Waals surface area (Å²) in [5.74, 6) is 0.987. The summed E-state index contributed by atoms with van der Waals surface area (Å²) < 4.78 is 2.12. The second-order valence-electron chi connectivity index (χ2n) is 4.83. The number of rotatable bonds is 6. The first-order valence-corrected chi connectivity index (χ1v) is 7.39. The van der Waals surface area contributed by atoms with Gasteiger partial charge in [-0.3, -0.25) is 0 Å². The molecule has 2 aromatic rings. The maximum atomic E-state index is 4.41. The Kier molecular flexibility index (Phi) is 4.61. The highest BCUT2D eigenvalue weighted by Crippen LogP contribution is 2.17. The van der Waals surface area contributed by atoms with E-state index < -0.39 is 0 Å². The van der Waals surface area contributed by atoms with E-state index in [1.165, 1.54) is 15.4 Å². The Morgan fingerprint density at radius 3 is 2.58 bits per heavy atom. The Hall–Kier alpha value is -1.33. The normalized spacial score (nSPS) is 10.9. The molecule has 2 aromatic heterocycles. The van der Waals surface area contributed by atoms with Crippen molar-refractivity contribution in [1.29, 1.82) is 0 Å². The smallest absolute Gasteiger partial charge is 0.204 e. The van der Waals surface area contributed by atoms with E-state index in [0.717, 1.165) is 25.5 Å². The third-order valence-corrected chi connectivity index (χ3v) is 4.36. The molecular weight excluding hydrogens is 256 g/mol. The van der Waals surface area contributed by atoms with Gasteiger partial charge >= 0.3 is 0 Å². The minimum atomic E-state index is 0.844. The lowest BCUT2D eigenvalue weighted by molar-refractivity contribution is 0.659. The fourth-order valence-electron chi connectivity index (χ4n) is 2.03. The van der Waals surface area contributed by atoms with Gasteiger partial charge in [-0.1, -0.05) is 6.92 Å². The van der Waals surface area contributed by atoms with Crippen LogP contribution in [0.4, 0.5) is 5.95 Å². The second kappa shape index (κ2) is 6.21. The highest BCUT2D eigenvalue weighted by atomic mass is 32.1. The van der Waals surface area contributed by atoms with Crippen molar-refractivity contribution in [2.24, 2.45) is 7.05 Å². The van der Waals surface area contributed by atoms with Crippen LogP contribution in [0.15, 0.2) is 18.3 Å². The molecule has 5 heteroatoms. The van der Waals surface area contributed by atoms with E-state index in [0.29, 0.717) is 0 Å². The zero-order chi connectivity index (χ0) is 13.8. The Balaban J connectivity index is 1.89. The van der Waals surface area contributed by atoms with Crippen LogP contribution >= 0.6 is 11.3 Å². The molecule has 0 fully saturated rings. The van der Waals surface area contributed by atoms with Crippen LogP contribution in [0, 0.1) is 0 Å². The van der Waals surface area contributed by atoms with Gasteiger partial charge in [0.1, 0.15) is 0 Å². The Labute approximate surface area is 119 Å². The van der Waals surface area contributed by atoms with Gasteiger partial charge in [-0.05, 0) is 18.6 Å². The van der Waals surface area contributed by atoms with Crippen molar-refractivity contribution in [2.75, 3.05) is 19.0 Å². The Morgan fingerprint density at radius 2 is 2.00 bits per heavy atom. The molecule has 19 heavy (non-hydrogen) atoms. The molecule has 4 nitrogen and oxygen atoms in total. The molecule has 0 unspecified atom stereocenters. The SMILES string of the molecule is CCc1ccc(CNCc2cnc(N(C)C)n2C)s1. The quantitative estimate of drug-likeness (QED) is 0.881. The monoisotopic (exact) mass is 278 g/mol. The van der Waals surface area contributed by atoms with Crippen molar-refractivity contribution in [2.45, 2.75) is 26.4 Å². The predicted molar refractivity (Wildman–Crippen MR) is 81.8 cm³/mol. The summed E-state index contributed by atoms with van der Waals surface area (Å²) in [4.78, 5) is 9.28. The number of nitrogens with zero attached hydrogens (tertiary/aromatic N) is 3. The average molecular weight is 278 g/mol. The lowest BCUT2D eigenvalue weighted by atomic mass is 10.3. The van der Waals surface area contributed by atoms with E-state index in [-0.39, 0.29) is 0 Å². The summed E-state index contributed by atoms with van der Waals surface area (Å²) in [6.07, 6.45) is 3.06. The molecule has 0 aliphatic heterocycles. The molecule has 2 heterocycles. The third kappa shape index (κ3) is 3.36. The Morgan fingerprint density at radius 1 is 1.26 bits per heavy atom. The fraction of sp³-hybridized carbons (Fsp3) is 0.500. The number of aryl methyl sites for hydroxylation is 1. The van der Waals surface area contributed by atoms with Crippen LogP contribution in [0.3, 0.4) is 0 Å². The molecule has 0 radical (unpaired) electrons. The molecule has 0 aromatic carbocycles. The first kappa shape index (κ1) is 14.1. The van der Waals surface area contributed by atoms with E-state index in [1.54, 1.807) is 0 Å². The highest BCUT2D eigenvalue weighted by molar-refractivity contribution is 7.11. The van der Waals surface area contributed by atoms with Crippen LogP contribution in [0.5, 0.6) is 0 Å². The van der Waals surface area contributed by atoms with Crippen LogP contribution in [0.2, 0.25) is 0 Å². The van der Waals surface area contributed by atoms with Gasteiger partial charge < -0.3 is 14.8 Å². The van der Waals surface area contributed by atoms with E-state index in [4.69, 9.17) is 0 Å². The second-order valence-corrected chi connectivity index (χ2v) is 6.08. The number of anilines is 1. The zero-order valence-electron chi connectivity index (χ0n) is 12.1. The van der Waals surface area contributed by atoms with Crippen molar-refractivity contribution >= 4 is 17.3 Å². The number of thiophene rings is 1. The van der Waals surface area contributed by atoms with Gasteiger partial charge in [0.15, 0.2) is 0 Å². The summed E-state index contributed by atoms with van der Waals surface area (Å²) in [5, 5.41) is 3.48. The molecule has 1 N–H and O–H groups in total. The van der Waals surface area contributed by atoms with E-state index in [2.05, 4.69) is 41.0 Å². The molecule has 0 bridgehead atoms. The van der Waals surface area contributed by atoms with Gasteiger partial charge in [-0.15, -0.1) is 11.3 Å². The Bertz CT molecular complexity index is 527. The zero-order valence-corrected chi connectivity index (χ0v) is 12.9. The molecular formula is C14H22N4S. The maximum Gasteiger partial charge on any atom is 0.204 e. The molecule has 0 saturated heterocycles. The maximum absolute atomic E-state index is 4.41. The van der Waals surface area contributed by atoms with E-state index in [1.807, 2.05) is 36.5 Å². The minimum absolute atomic E-state index is 0.844. The number of nitrogens with one attached hydrogen (secondary N) is 1. The van der Waals surface area contributed by atoms with Gasteiger partial charge in [0.25, 0.3) is 0 Å². The predicted octanol–water partition coefficient (Wildman–Crippen LogP) is 2.40. The molecule has 0 atom stereocenters. The van der Waals surface area contributed by atoms with Gasteiger partial charge in [0, 0.05) is 44.0 Å². The average Bonchev–Trinajstić information content (AvgIpc) is 2.97. The van der Waals surface area contributed by atoms with Gasteiger partial charge in [-0.25, -0.2) is 4.98 Å². The van der Waals surface area contributed by atoms with Crippen molar-refractivity contribution in [3.05, 3.63) is 33.8 Å². The first-order valence-electron chi connectivity index (χ1n) is 6.58. The molecule has 0 aliphatic rings. The summed E-state index contributed by atoms with van der Waals surface area (Å²) in [5.41, 5.74) is 1.20. The van der Waals surface area contributed by atoms with Crippen LogP contribution < -0.4 is 10.2 Å². The third-order valence-electron chi connectivity index (χ3n) is 3.13. The topological polar surface area (TPSA) is 33.1 Å². The summed E-state index contributed by atoms with van der Waals surface area (Å²) in [6.45, 7) is 3.96. The lowest BCUT2D eigenvalue weighted by Crippen LogP contribution is -2.17. The summed E-state index contributed by atoms with van der Waals surface area (Å²) >= 11 is 1.89. The van der Waals surface area contributed by atoms with E-state index in [9.17, 15) is 0 Å². The molecule has 0 saturated carbocycles. The standard InChI is InChI=1S/C14H22N4S/c1-5-12-6-7-13(19-12)10-15-8-11-9-16-14(17(2)3)18(11)4/h6-7,9,15H,5,8,10H2,1-4H3. The molecule has 104 valence electrons. The van der Waals surface area contributed by atoms with Crippen LogP contribution in [0.25, 0.3) is 0 Å². The van der Waals surface area contributed by atoms with Crippen molar-refractivity contribution in [1.82, 2.24) is 14.9 Å². The number of imidazole rings is 1. The molecule has 0 spiro atoms. The van der Waals surface area contributed by atoms with Crippen molar-refractivity contribution < 1.29 is 0 Å². The largest absolute Gasteiger partial charge is 0.348 e. The van der Waals surface area contributed by atoms with Crippen LogP contribution in [0.1, 0.15) is 22.4 Å². The summed E-state index contributed by atoms with van der Waals surface area (Å²) in [7, 11) is 6.08. The molecule has 0 amide bonds. The van der Waals surface area contributed by atoms with Crippen molar-refractivity contribution in [3.63, 3.8) is 0 Å². The van der Waals surface area contributed by atoms with Crippen molar-refractivity contribution in [3.8, 4) is 0 Å². The number of hydrogen-bond donors (Lipinski definition) is 1. The summed E-state index contributed by atoms with van der Waals surface area (Å²) in [6, 6.07) is 4.43. The lowest BCUT2D eigenvalue weighted by Gasteiger charge is -2.12. The first-order chi connectivity index (χ1) is 9.11. The fourth-order valence-corrected chi connectivity index (χ4v) is 2.96. The number of aromatic nitrogens is 2. The van der Waals surface area contributed by atoms with Gasteiger partial charge in [-0.2, -0.15) is 0 Å². The van der Waals surface area contributed by atoms with Crippen LogP contribution in [-0.2, 0) is 26.6 Å². The highest BCUT2D eigenvalue weighted by Gasteiger charge is 2.07. The number of hydrogen-bond acceptors (Lipinski definition) is 4. The van der Waals surface area contributed by atoms with E-state index >= 15 is 0 Å².